The Hall–Kier alpha value is -4.81. The normalized spacial score (nSPS) is 10.3. The second-order valence-corrected chi connectivity index (χ2v) is 11.1. The molecule has 0 bridgehead atoms. The molecule has 0 heterocycles. The minimum Gasteiger partial charge on any atom is -0.481 e. The number of carboxylic acids is 5. The molecule has 0 atom stereocenters. The molecule has 0 aromatic heterocycles. The SMILES string of the molecule is CCCCCCCC/C=C\CCCCCCCC(=O)O.O=C(O)c1ccc(C(=O)OC(=O)c2ccc(C(=O)O)cc2C(=O)O)c(C(=O)O)c1.[Cu]. The second kappa shape index (κ2) is 25.2. The largest absolute Gasteiger partial charge is 0.481 e. The van der Waals surface area contributed by atoms with Crippen LogP contribution in [0.25, 0.3) is 0 Å². The summed E-state index contributed by atoms with van der Waals surface area (Å²) in [6, 6.07) is 4.87. The molecule has 14 heteroatoms. The maximum absolute atomic E-state index is 12.2. The molecule has 0 saturated heterocycles. The molecular weight excluding hydrogens is 704 g/mol. The van der Waals surface area contributed by atoms with Crippen molar-refractivity contribution in [1.82, 2.24) is 0 Å². The number of aliphatic carboxylic acids is 1. The fraction of sp³-hybridized carbons (Fsp3) is 0.417. The number of aromatic carboxylic acids is 4. The van der Waals surface area contributed by atoms with Crippen molar-refractivity contribution < 1.29 is 80.9 Å². The van der Waals surface area contributed by atoms with Crippen LogP contribution in [0.4, 0.5) is 0 Å². The summed E-state index contributed by atoms with van der Waals surface area (Å²) in [6.07, 6.45) is 21.2. The molecule has 0 fully saturated rings. The molecule has 13 nitrogen and oxygen atoms in total. The fourth-order valence-corrected chi connectivity index (χ4v) is 4.61. The summed E-state index contributed by atoms with van der Waals surface area (Å²) in [5, 5.41) is 44.6. The van der Waals surface area contributed by atoms with Crippen LogP contribution in [0.2, 0.25) is 0 Å². The molecule has 0 aliphatic heterocycles. The van der Waals surface area contributed by atoms with Crippen LogP contribution in [0.5, 0.6) is 0 Å². The zero-order valence-electron chi connectivity index (χ0n) is 27.8. The van der Waals surface area contributed by atoms with Gasteiger partial charge in [-0.1, -0.05) is 70.4 Å². The third-order valence-electron chi connectivity index (χ3n) is 7.27. The van der Waals surface area contributed by atoms with Crippen LogP contribution in [0.15, 0.2) is 48.6 Å². The van der Waals surface area contributed by atoms with Gasteiger partial charge in [0.1, 0.15) is 0 Å². The first-order valence-corrected chi connectivity index (χ1v) is 16.1. The molecule has 0 unspecified atom stereocenters. The van der Waals surface area contributed by atoms with E-state index in [1.807, 2.05) is 0 Å². The van der Waals surface area contributed by atoms with Gasteiger partial charge in [0.15, 0.2) is 0 Å². The van der Waals surface area contributed by atoms with Gasteiger partial charge in [0.2, 0.25) is 0 Å². The monoisotopic (exact) mass is 747 g/mol. The van der Waals surface area contributed by atoms with Crippen LogP contribution in [-0.4, -0.2) is 67.3 Å². The van der Waals surface area contributed by atoms with Gasteiger partial charge in [0.25, 0.3) is 0 Å². The van der Waals surface area contributed by atoms with Crippen molar-refractivity contribution >= 4 is 41.8 Å². The predicted octanol–water partition coefficient (Wildman–Crippen LogP) is 7.58. The van der Waals surface area contributed by atoms with Crippen molar-refractivity contribution in [2.45, 2.75) is 96.8 Å². The number of esters is 2. The first-order chi connectivity index (χ1) is 23.3. The standard InChI is InChI=1S/C18H10O11.C18H34O2.Cu/c19-13(20)7-1-3-9(11(5-7)15(23)24)17(27)29-18(28)10-4-2-8(14(21)22)6-12(10)16(25)26;1-2-3-4-5-6-7-8-9-10-11-12-13-14-15-16-17-18(19)20;/h1-6H,(H,19,20)(H,21,22)(H,23,24)(H,25,26);9-10H,2-8,11-17H2,1H3,(H,19,20);/b;10-9-;. The number of carbonyl (C=O) groups excluding carboxylic acids is 2. The van der Waals surface area contributed by atoms with E-state index in [0.29, 0.717) is 18.6 Å². The van der Waals surface area contributed by atoms with Gasteiger partial charge in [-0.25, -0.2) is 28.8 Å². The molecule has 0 aliphatic rings. The van der Waals surface area contributed by atoms with Gasteiger partial charge in [-0.05, 0) is 68.5 Å². The van der Waals surface area contributed by atoms with E-state index in [2.05, 4.69) is 23.8 Å². The number of ether oxygens (including phenoxy) is 1. The third kappa shape index (κ3) is 17.5. The van der Waals surface area contributed by atoms with Crippen molar-refractivity contribution in [3.63, 3.8) is 0 Å². The topological polar surface area (TPSA) is 230 Å². The first kappa shape index (κ1) is 45.2. The smallest absolute Gasteiger partial charge is 0.346 e. The van der Waals surface area contributed by atoms with E-state index >= 15 is 0 Å². The van der Waals surface area contributed by atoms with Gasteiger partial charge in [-0.3, -0.25) is 4.79 Å². The Morgan fingerprint density at radius 2 is 0.900 bits per heavy atom. The summed E-state index contributed by atoms with van der Waals surface area (Å²) >= 11 is 0. The molecule has 0 aliphatic carbocycles. The maximum atomic E-state index is 12.2. The van der Waals surface area contributed by atoms with E-state index in [1.54, 1.807) is 0 Å². The van der Waals surface area contributed by atoms with Gasteiger partial charge in [-0.15, -0.1) is 0 Å². The molecule has 0 saturated carbocycles. The molecule has 2 aromatic rings. The number of allylic oxidation sites excluding steroid dienone is 2. The van der Waals surface area contributed by atoms with E-state index in [1.165, 1.54) is 70.6 Å². The van der Waals surface area contributed by atoms with Crippen LogP contribution in [0, 0.1) is 0 Å². The summed E-state index contributed by atoms with van der Waals surface area (Å²) < 4.78 is 4.51. The molecule has 277 valence electrons. The number of benzene rings is 2. The summed E-state index contributed by atoms with van der Waals surface area (Å²) in [7, 11) is 0. The molecule has 1 radical (unpaired) electrons. The maximum Gasteiger partial charge on any atom is 0.346 e. The molecular formula is C36H44CuO13. The Bertz CT molecular complexity index is 1410. The van der Waals surface area contributed by atoms with E-state index in [4.69, 9.17) is 25.5 Å². The number of hydrogen-bond acceptors (Lipinski definition) is 8. The van der Waals surface area contributed by atoms with E-state index < -0.39 is 75.2 Å². The number of carbonyl (C=O) groups is 7. The Kier molecular flexibility index (Phi) is 22.8. The second-order valence-electron chi connectivity index (χ2n) is 11.1. The number of unbranched alkanes of at least 4 members (excludes halogenated alkanes) is 11. The number of rotatable bonds is 21. The van der Waals surface area contributed by atoms with Crippen molar-refractivity contribution in [3.8, 4) is 0 Å². The molecule has 5 N–H and O–H groups in total. The Balaban J connectivity index is 0.00000101. The number of hydrogen-bond donors (Lipinski definition) is 5. The van der Waals surface area contributed by atoms with Crippen LogP contribution < -0.4 is 0 Å². The Morgan fingerprint density at radius 3 is 1.26 bits per heavy atom. The zero-order chi connectivity index (χ0) is 36.8. The minimum absolute atomic E-state index is 0. The molecule has 50 heavy (non-hydrogen) atoms. The Labute approximate surface area is 300 Å². The predicted molar refractivity (Wildman–Crippen MR) is 178 cm³/mol. The van der Waals surface area contributed by atoms with Crippen molar-refractivity contribution in [3.05, 3.63) is 81.9 Å². The average Bonchev–Trinajstić information content (AvgIpc) is 3.05. The molecule has 0 spiro atoms. The quantitative estimate of drug-likeness (QED) is 0.0273. The average molecular weight is 748 g/mol. The van der Waals surface area contributed by atoms with E-state index in [-0.39, 0.29) is 17.1 Å². The molecule has 2 rings (SSSR count). The van der Waals surface area contributed by atoms with Crippen LogP contribution >= 0.6 is 0 Å². The molecule has 0 amide bonds. The first-order valence-electron chi connectivity index (χ1n) is 16.1. The van der Waals surface area contributed by atoms with Crippen LogP contribution in [0.3, 0.4) is 0 Å². The number of carboxylic acid groups (broad SMARTS) is 5. The van der Waals surface area contributed by atoms with E-state index in [0.717, 1.165) is 37.1 Å². The Morgan fingerprint density at radius 1 is 0.520 bits per heavy atom. The minimum atomic E-state index is -1.66. The van der Waals surface area contributed by atoms with Crippen molar-refractivity contribution in [2.75, 3.05) is 0 Å². The van der Waals surface area contributed by atoms with Gasteiger partial charge in [0, 0.05) is 23.5 Å². The fourth-order valence-electron chi connectivity index (χ4n) is 4.61. The van der Waals surface area contributed by atoms with E-state index in [9.17, 15) is 33.6 Å². The van der Waals surface area contributed by atoms with Gasteiger partial charge in [0.05, 0.1) is 33.4 Å². The summed E-state index contributed by atoms with van der Waals surface area (Å²) in [5.74, 6) is -9.83. The summed E-state index contributed by atoms with van der Waals surface area (Å²) in [6.45, 7) is 2.26. The van der Waals surface area contributed by atoms with Crippen LogP contribution in [-0.2, 0) is 26.6 Å². The summed E-state index contributed by atoms with van der Waals surface area (Å²) in [4.78, 5) is 79.2. The van der Waals surface area contributed by atoms with Crippen molar-refractivity contribution in [1.29, 1.82) is 0 Å². The van der Waals surface area contributed by atoms with Gasteiger partial charge < -0.3 is 30.3 Å². The summed E-state index contributed by atoms with van der Waals surface area (Å²) in [5.41, 5.74) is -3.64. The van der Waals surface area contributed by atoms with Gasteiger partial charge >= 0.3 is 41.8 Å². The van der Waals surface area contributed by atoms with Crippen molar-refractivity contribution in [2.24, 2.45) is 0 Å². The van der Waals surface area contributed by atoms with Gasteiger partial charge in [-0.2, -0.15) is 0 Å². The third-order valence-corrected chi connectivity index (χ3v) is 7.27. The zero-order valence-corrected chi connectivity index (χ0v) is 28.8. The van der Waals surface area contributed by atoms with Crippen LogP contribution in [0.1, 0.15) is 159 Å². The molecule has 2 aromatic carbocycles.